The molecule has 0 atom stereocenters. The molecule has 1 aromatic heterocycles. The Morgan fingerprint density at radius 1 is 1.04 bits per heavy atom. The fourth-order valence-electron chi connectivity index (χ4n) is 2.38. The summed E-state index contributed by atoms with van der Waals surface area (Å²) in [5.74, 6) is -2.05. The fraction of sp³-hybridized carbons (Fsp3) is 0.105. The van der Waals surface area contributed by atoms with Crippen LogP contribution in [0.5, 0.6) is 0 Å². The van der Waals surface area contributed by atoms with Gasteiger partial charge in [-0.15, -0.1) is 11.3 Å². The minimum absolute atomic E-state index is 0.197. The number of benzene rings is 2. The highest BCUT2D eigenvalue weighted by Crippen LogP contribution is 2.22. The molecule has 0 saturated carbocycles. The van der Waals surface area contributed by atoms with E-state index < -0.39 is 17.5 Å². The quantitative estimate of drug-likeness (QED) is 0.681. The maximum Gasteiger partial charge on any atom is 0.251 e. The Labute approximate surface area is 158 Å². The largest absolute Gasteiger partial charge is 0.343 e. The number of amides is 2. The summed E-state index contributed by atoms with van der Waals surface area (Å²) in [6.07, 6.45) is 1.83. The number of nitrogens with one attached hydrogen (secondary N) is 2. The van der Waals surface area contributed by atoms with Crippen molar-refractivity contribution in [1.82, 2.24) is 10.3 Å². The van der Waals surface area contributed by atoms with Gasteiger partial charge in [-0.2, -0.15) is 0 Å². The van der Waals surface area contributed by atoms with Gasteiger partial charge in [0, 0.05) is 29.1 Å². The predicted octanol–water partition coefficient (Wildman–Crippen LogP) is 3.38. The first kappa shape index (κ1) is 18.7. The molecule has 2 N–H and O–H groups in total. The van der Waals surface area contributed by atoms with E-state index in [0.29, 0.717) is 22.7 Å². The van der Waals surface area contributed by atoms with Gasteiger partial charge in [-0.1, -0.05) is 18.2 Å². The Morgan fingerprint density at radius 2 is 1.74 bits per heavy atom. The lowest BCUT2D eigenvalue weighted by atomic mass is 10.1. The number of hydrogen-bond donors (Lipinski definition) is 2. The van der Waals surface area contributed by atoms with Crippen LogP contribution in [0.2, 0.25) is 0 Å². The Morgan fingerprint density at radius 3 is 2.44 bits per heavy atom. The molecule has 1 heterocycles. The molecule has 0 aliphatic carbocycles. The molecular formula is C19H15F2N3O2S. The van der Waals surface area contributed by atoms with Crippen molar-refractivity contribution >= 4 is 28.3 Å². The first-order valence-electron chi connectivity index (χ1n) is 8.02. The third-order valence-electron chi connectivity index (χ3n) is 3.55. The number of thiazole rings is 1. The van der Waals surface area contributed by atoms with E-state index >= 15 is 0 Å². The Balaban J connectivity index is 1.52. The molecule has 0 aliphatic rings. The number of halogens is 2. The zero-order valence-electron chi connectivity index (χ0n) is 14.0. The molecule has 2 aromatic carbocycles. The van der Waals surface area contributed by atoms with Crippen molar-refractivity contribution in [1.29, 1.82) is 0 Å². The molecule has 0 unspecified atom stereocenters. The third-order valence-corrected chi connectivity index (χ3v) is 4.46. The molecule has 5 nitrogen and oxygen atoms in total. The van der Waals surface area contributed by atoms with Crippen LogP contribution in [0.3, 0.4) is 0 Å². The minimum Gasteiger partial charge on any atom is -0.343 e. The second-order valence-electron chi connectivity index (χ2n) is 5.68. The maximum absolute atomic E-state index is 13.2. The van der Waals surface area contributed by atoms with Gasteiger partial charge in [0.25, 0.3) is 5.91 Å². The first-order valence-corrected chi connectivity index (χ1v) is 8.84. The molecule has 0 radical (unpaired) electrons. The van der Waals surface area contributed by atoms with Gasteiger partial charge in [0.1, 0.15) is 11.6 Å². The second-order valence-corrected chi connectivity index (χ2v) is 6.80. The van der Waals surface area contributed by atoms with E-state index in [1.54, 1.807) is 30.3 Å². The standard InChI is InChI=1S/C19H15F2N3O2S/c20-14-6-12(7-15(21)9-14)8-16-10-23-19(27-16)24-17(25)11-22-18(26)13-4-2-1-3-5-13/h1-7,9-10H,8,11H2,(H,22,26)(H,23,24,25). The van der Waals surface area contributed by atoms with Crippen LogP contribution < -0.4 is 10.6 Å². The zero-order valence-corrected chi connectivity index (χ0v) is 14.9. The van der Waals surface area contributed by atoms with E-state index in [0.717, 1.165) is 10.9 Å². The molecule has 3 aromatic rings. The summed E-state index contributed by atoms with van der Waals surface area (Å²) in [5, 5.41) is 5.45. The van der Waals surface area contributed by atoms with Crippen LogP contribution in [0.1, 0.15) is 20.8 Å². The lowest BCUT2D eigenvalue weighted by molar-refractivity contribution is -0.115. The second kappa shape index (κ2) is 8.50. The molecule has 3 rings (SSSR count). The SMILES string of the molecule is O=C(CNC(=O)c1ccccc1)Nc1ncc(Cc2cc(F)cc(F)c2)s1. The van der Waals surface area contributed by atoms with E-state index in [2.05, 4.69) is 15.6 Å². The third kappa shape index (κ3) is 5.42. The van der Waals surface area contributed by atoms with Crippen molar-refractivity contribution in [3.8, 4) is 0 Å². The van der Waals surface area contributed by atoms with Crippen LogP contribution in [0, 0.1) is 11.6 Å². The van der Waals surface area contributed by atoms with Crippen LogP contribution in [0.25, 0.3) is 0 Å². The topological polar surface area (TPSA) is 71.1 Å². The van der Waals surface area contributed by atoms with Gasteiger partial charge < -0.3 is 10.6 Å². The van der Waals surface area contributed by atoms with Crippen molar-refractivity contribution in [3.63, 3.8) is 0 Å². The Bertz CT molecular complexity index is 940. The summed E-state index contributed by atoms with van der Waals surface area (Å²) >= 11 is 1.20. The van der Waals surface area contributed by atoms with Gasteiger partial charge in [0.2, 0.25) is 5.91 Å². The van der Waals surface area contributed by atoms with E-state index in [4.69, 9.17) is 0 Å². The van der Waals surface area contributed by atoms with Crippen LogP contribution in [-0.4, -0.2) is 23.3 Å². The summed E-state index contributed by atoms with van der Waals surface area (Å²) in [4.78, 5) is 28.7. The van der Waals surface area contributed by atoms with Crippen molar-refractivity contribution < 1.29 is 18.4 Å². The number of anilines is 1. The molecule has 2 amide bonds. The summed E-state index contributed by atoms with van der Waals surface area (Å²) in [6.45, 7) is -0.197. The first-order chi connectivity index (χ1) is 13.0. The van der Waals surface area contributed by atoms with Crippen molar-refractivity contribution in [2.75, 3.05) is 11.9 Å². The highest BCUT2D eigenvalue weighted by atomic mass is 32.1. The number of nitrogens with zero attached hydrogens (tertiary/aromatic N) is 1. The van der Waals surface area contributed by atoms with Gasteiger partial charge in [-0.25, -0.2) is 13.8 Å². The number of carbonyl (C=O) groups excluding carboxylic acids is 2. The molecule has 0 aliphatic heterocycles. The minimum atomic E-state index is -0.641. The molecule has 0 saturated heterocycles. The van der Waals surface area contributed by atoms with Crippen molar-refractivity contribution in [2.45, 2.75) is 6.42 Å². The van der Waals surface area contributed by atoms with Gasteiger partial charge in [-0.3, -0.25) is 9.59 Å². The highest BCUT2D eigenvalue weighted by Gasteiger charge is 2.10. The summed E-state index contributed by atoms with van der Waals surface area (Å²) < 4.78 is 26.5. The molecule has 0 fully saturated rings. The fourth-order valence-corrected chi connectivity index (χ4v) is 3.24. The van der Waals surface area contributed by atoms with Gasteiger partial charge in [0.05, 0.1) is 6.54 Å². The van der Waals surface area contributed by atoms with Gasteiger partial charge in [0.15, 0.2) is 5.13 Å². The van der Waals surface area contributed by atoms with E-state index in [9.17, 15) is 18.4 Å². The predicted molar refractivity (Wildman–Crippen MR) is 98.7 cm³/mol. The van der Waals surface area contributed by atoms with E-state index in [1.165, 1.54) is 29.7 Å². The monoisotopic (exact) mass is 387 g/mol. The molecule has 0 spiro atoms. The molecule has 8 heteroatoms. The Kier molecular flexibility index (Phi) is 5.87. The normalized spacial score (nSPS) is 10.4. The number of rotatable bonds is 6. The van der Waals surface area contributed by atoms with Crippen molar-refractivity contribution in [2.24, 2.45) is 0 Å². The van der Waals surface area contributed by atoms with Crippen molar-refractivity contribution in [3.05, 3.63) is 82.4 Å². The van der Waals surface area contributed by atoms with Crippen LogP contribution in [0.15, 0.2) is 54.7 Å². The smallest absolute Gasteiger partial charge is 0.251 e. The summed E-state index contributed by atoms with van der Waals surface area (Å²) in [7, 11) is 0. The highest BCUT2D eigenvalue weighted by molar-refractivity contribution is 7.15. The number of carbonyl (C=O) groups is 2. The average Bonchev–Trinajstić information content (AvgIpc) is 3.06. The molecular weight excluding hydrogens is 372 g/mol. The van der Waals surface area contributed by atoms with Crippen LogP contribution in [0.4, 0.5) is 13.9 Å². The number of aromatic nitrogens is 1. The Hall–Kier alpha value is -3.13. The van der Waals surface area contributed by atoms with Crippen LogP contribution in [-0.2, 0) is 11.2 Å². The van der Waals surface area contributed by atoms with E-state index in [1.807, 2.05) is 0 Å². The average molecular weight is 387 g/mol. The van der Waals surface area contributed by atoms with Gasteiger partial charge in [-0.05, 0) is 29.8 Å². The molecule has 138 valence electrons. The summed E-state index contributed by atoms with van der Waals surface area (Å²) in [6, 6.07) is 11.9. The zero-order chi connectivity index (χ0) is 19.2. The van der Waals surface area contributed by atoms with E-state index in [-0.39, 0.29) is 12.5 Å². The lowest BCUT2D eigenvalue weighted by Crippen LogP contribution is -2.32. The molecule has 27 heavy (non-hydrogen) atoms. The summed E-state index contributed by atoms with van der Waals surface area (Å²) in [5.41, 5.74) is 0.938. The number of hydrogen-bond acceptors (Lipinski definition) is 4. The lowest BCUT2D eigenvalue weighted by Gasteiger charge is -2.05. The maximum atomic E-state index is 13.2. The van der Waals surface area contributed by atoms with Crippen LogP contribution >= 0.6 is 11.3 Å². The molecule has 0 bridgehead atoms. The van der Waals surface area contributed by atoms with Gasteiger partial charge >= 0.3 is 0 Å².